The van der Waals surface area contributed by atoms with Gasteiger partial charge in [-0.15, -0.1) is 0 Å². The molecule has 0 saturated carbocycles. The van der Waals surface area contributed by atoms with Crippen molar-refractivity contribution in [2.45, 2.75) is 38.5 Å². The van der Waals surface area contributed by atoms with Crippen LogP contribution in [0.25, 0.3) is 0 Å². The molecule has 0 radical (unpaired) electrons. The lowest BCUT2D eigenvalue weighted by Crippen LogP contribution is -1.98. The Labute approximate surface area is 83.9 Å². The topological polar surface area (TPSA) is 77.8 Å². The Kier molecular flexibility index (Phi) is 7.93. The van der Waals surface area contributed by atoms with Gasteiger partial charge in [0, 0.05) is 6.61 Å². The van der Waals surface area contributed by atoms with E-state index in [1.165, 1.54) is 6.08 Å². The van der Waals surface area contributed by atoms with Crippen LogP contribution in [-0.4, -0.2) is 27.9 Å². The van der Waals surface area contributed by atoms with E-state index in [9.17, 15) is 4.79 Å². The molecule has 14 heavy (non-hydrogen) atoms. The second-order valence-corrected chi connectivity index (χ2v) is 3.17. The minimum atomic E-state index is -1.27. The van der Waals surface area contributed by atoms with Crippen LogP contribution in [0.3, 0.4) is 0 Å². The smallest absolute Gasteiger partial charge is 0.370 e. The number of rotatable bonds is 8. The average Bonchev–Trinajstić information content (AvgIpc) is 2.16. The molecule has 0 atom stereocenters. The van der Waals surface area contributed by atoms with E-state index < -0.39 is 11.7 Å². The number of aliphatic hydroxyl groups is 2. The van der Waals surface area contributed by atoms with Gasteiger partial charge in [0.1, 0.15) is 0 Å². The number of unbranched alkanes of at least 4 members (excludes halogenated alkanes) is 5. The second kappa shape index (κ2) is 8.56. The summed E-state index contributed by atoms with van der Waals surface area (Å²) in [5.41, 5.74) is 0. The molecule has 0 aromatic heterocycles. The zero-order valence-electron chi connectivity index (χ0n) is 8.28. The Balaban J connectivity index is 3.29. The third kappa shape index (κ3) is 7.61. The normalized spacial score (nSPS) is 11.6. The number of carboxylic acid groups (broad SMARTS) is 1. The maximum Gasteiger partial charge on any atom is 0.370 e. The SMILES string of the molecule is O=C(O)C(O)=CCCCCCCCO. The van der Waals surface area contributed by atoms with Crippen molar-refractivity contribution in [2.24, 2.45) is 0 Å². The van der Waals surface area contributed by atoms with Crippen LogP contribution >= 0.6 is 0 Å². The molecular formula is C10H18O4. The lowest BCUT2D eigenvalue weighted by Gasteiger charge is -1.97. The van der Waals surface area contributed by atoms with Crippen molar-refractivity contribution in [1.82, 2.24) is 0 Å². The second-order valence-electron chi connectivity index (χ2n) is 3.17. The van der Waals surface area contributed by atoms with Gasteiger partial charge in [0.25, 0.3) is 0 Å². The molecule has 0 amide bonds. The van der Waals surface area contributed by atoms with Crippen LogP contribution in [0.15, 0.2) is 11.8 Å². The van der Waals surface area contributed by atoms with Gasteiger partial charge in [-0.2, -0.15) is 0 Å². The van der Waals surface area contributed by atoms with E-state index in [1.807, 2.05) is 0 Å². The Bertz CT molecular complexity index is 187. The molecule has 0 spiro atoms. The van der Waals surface area contributed by atoms with Gasteiger partial charge in [-0.1, -0.05) is 19.3 Å². The van der Waals surface area contributed by atoms with E-state index in [1.54, 1.807) is 0 Å². The van der Waals surface area contributed by atoms with Crippen molar-refractivity contribution in [3.63, 3.8) is 0 Å². The first kappa shape index (κ1) is 13.0. The standard InChI is InChI=1S/C10H18O4/c11-8-6-4-2-1-3-5-7-9(12)10(13)14/h7,11-12H,1-6,8H2,(H,13,14). The number of hydrogen-bond acceptors (Lipinski definition) is 3. The zero-order valence-corrected chi connectivity index (χ0v) is 8.28. The molecule has 3 N–H and O–H groups in total. The van der Waals surface area contributed by atoms with Gasteiger partial charge in [-0.3, -0.25) is 0 Å². The first-order valence-corrected chi connectivity index (χ1v) is 4.91. The van der Waals surface area contributed by atoms with Crippen molar-refractivity contribution in [3.8, 4) is 0 Å². The quantitative estimate of drug-likeness (QED) is 0.319. The van der Waals surface area contributed by atoms with E-state index in [-0.39, 0.29) is 6.61 Å². The van der Waals surface area contributed by atoms with Gasteiger partial charge >= 0.3 is 5.97 Å². The number of allylic oxidation sites excluding steroid dienone is 1. The van der Waals surface area contributed by atoms with Gasteiger partial charge in [-0.05, 0) is 25.3 Å². The maximum atomic E-state index is 10.2. The summed E-state index contributed by atoms with van der Waals surface area (Å²) >= 11 is 0. The monoisotopic (exact) mass is 202 g/mol. The Morgan fingerprint density at radius 3 is 2.14 bits per heavy atom. The number of aliphatic carboxylic acids is 1. The Morgan fingerprint density at radius 2 is 1.57 bits per heavy atom. The third-order valence-electron chi connectivity index (χ3n) is 1.92. The number of hydrogen-bond donors (Lipinski definition) is 3. The molecule has 0 saturated heterocycles. The highest BCUT2D eigenvalue weighted by Crippen LogP contribution is 2.06. The molecule has 82 valence electrons. The molecule has 0 aliphatic rings. The van der Waals surface area contributed by atoms with Gasteiger partial charge in [-0.25, -0.2) is 4.79 Å². The van der Waals surface area contributed by atoms with Crippen molar-refractivity contribution in [1.29, 1.82) is 0 Å². The van der Waals surface area contributed by atoms with Crippen LogP contribution in [0.4, 0.5) is 0 Å². The van der Waals surface area contributed by atoms with Gasteiger partial charge in [0.05, 0.1) is 0 Å². The summed E-state index contributed by atoms with van der Waals surface area (Å²) < 4.78 is 0. The van der Waals surface area contributed by atoms with E-state index in [4.69, 9.17) is 15.3 Å². The van der Waals surface area contributed by atoms with Crippen molar-refractivity contribution in [2.75, 3.05) is 6.61 Å². The molecule has 4 heteroatoms. The molecule has 0 aliphatic carbocycles. The fourth-order valence-corrected chi connectivity index (χ4v) is 1.11. The minimum Gasteiger partial charge on any atom is -0.502 e. The molecular weight excluding hydrogens is 184 g/mol. The van der Waals surface area contributed by atoms with Crippen LogP contribution in [0.1, 0.15) is 38.5 Å². The first-order chi connectivity index (χ1) is 6.68. The molecule has 0 aromatic carbocycles. The molecule has 0 heterocycles. The summed E-state index contributed by atoms with van der Waals surface area (Å²) in [7, 11) is 0. The average molecular weight is 202 g/mol. The highest BCUT2D eigenvalue weighted by atomic mass is 16.4. The largest absolute Gasteiger partial charge is 0.502 e. The van der Waals surface area contributed by atoms with Crippen LogP contribution in [0.2, 0.25) is 0 Å². The lowest BCUT2D eigenvalue weighted by molar-refractivity contribution is -0.135. The number of aliphatic hydroxyl groups excluding tert-OH is 2. The molecule has 0 rings (SSSR count). The minimum absolute atomic E-state index is 0.236. The van der Waals surface area contributed by atoms with Crippen LogP contribution in [0, 0.1) is 0 Å². The van der Waals surface area contributed by atoms with Crippen molar-refractivity contribution in [3.05, 3.63) is 11.8 Å². The molecule has 0 aromatic rings. The highest BCUT2D eigenvalue weighted by molar-refractivity contribution is 5.83. The van der Waals surface area contributed by atoms with Crippen LogP contribution in [-0.2, 0) is 4.79 Å². The Morgan fingerprint density at radius 1 is 1.00 bits per heavy atom. The van der Waals surface area contributed by atoms with Crippen LogP contribution in [0.5, 0.6) is 0 Å². The van der Waals surface area contributed by atoms with Gasteiger partial charge in [0.15, 0.2) is 5.76 Å². The summed E-state index contributed by atoms with van der Waals surface area (Å²) in [5, 5.41) is 25.6. The predicted molar refractivity (Wildman–Crippen MR) is 53.1 cm³/mol. The third-order valence-corrected chi connectivity index (χ3v) is 1.92. The molecule has 0 unspecified atom stereocenters. The maximum absolute atomic E-state index is 10.2. The Hall–Kier alpha value is -1.03. The molecule has 0 fully saturated rings. The first-order valence-electron chi connectivity index (χ1n) is 4.91. The van der Waals surface area contributed by atoms with E-state index >= 15 is 0 Å². The summed E-state index contributed by atoms with van der Waals surface area (Å²) in [6.45, 7) is 0.236. The summed E-state index contributed by atoms with van der Waals surface area (Å²) in [5.74, 6) is -1.84. The fourth-order valence-electron chi connectivity index (χ4n) is 1.11. The predicted octanol–water partition coefficient (Wildman–Crippen LogP) is 1.85. The number of carbonyl (C=O) groups is 1. The fraction of sp³-hybridized carbons (Fsp3) is 0.700. The zero-order chi connectivity index (χ0) is 10.8. The van der Waals surface area contributed by atoms with Crippen molar-refractivity contribution >= 4 is 5.97 Å². The molecule has 0 bridgehead atoms. The van der Waals surface area contributed by atoms with E-state index in [0.29, 0.717) is 6.42 Å². The van der Waals surface area contributed by atoms with Crippen molar-refractivity contribution < 1.29 is 20.1 Å². The van der Waals surface area contributed by atoms with Gasteiger partial charge in [0.2, 0.25) is 0 Å². The van der Waals surface area contributed by atoms with Gasteiger partial charge < -0.3 is 15.3 Å². The molecule has 4 nitrogen and oxygen atoms in total. The lowest BCUT2D eigenvalue weighted by atomic mass is 10.1. The van der Waals surface area contributed by atoms with Crippen LogP contribution < -0.4 is 0 Å². The summed E-state index contributed by atoms with van der Waals surface area (Å²) in [6, 6.07) is 0. The van der Waals surface area contributed by atoms with E-state index in [0.717, 1.165) is 32.1 Å². The number of carboxylic acids is 1. The summed E-state index contributed by atoms with van der Waals surface area (Å²) in [6.07, 6.45) is 6.68. The molecule has 0 aliphatic heterocycles. The highest BCUT2D eigenvalue weighted by Gasteiger charge is 2.01. The van der Waals surface area contributed by atoms with E-state index in [2.05, 4.69) is 0 Å². The summed E-state index contributed by atoms with van der Waals surface area (Å²) in [4.78, 5) is 10.2.